The predicted octanol–water partition coefficient (Wildman–Crippen LogP) is 5.17. The fraction of sp³-hybridized carbons (Fsp3) is 0.150. The second-order valence-corrected chi connectivity index (χ2v) is 7.14. The van der Waals surface area contributed by atoms with Crippen molar-refractivity contribution in [3.05, 3.63) is 87.4 Å². The Morgan fingerprint density at radius 3 is 2.52 bits per heavy atom. The van der Waals surface area contributed by atoms with E-state index in [9.17, 15) is 4.39 Å². The number of hydrogen-bond acceptors (Lipinski definition) is 3. The first-order valence-corrected chi connectivity index (χ1v) is 9.19. The summed E-state index contributed by atoms with van der Waals surface area (Å²) in [5.41, 5.74) is 3.86. The second kappa shape index (κ2) is 7.62. The largest absolute Gasteiger partial charge is 0.346 e. The van der Waals surface area contributed by atoms with E-state index < -0.39 is 5.82 Å². The molecule has 3 heterocycles. The van der Waals surface area contributed by atoms with Crippen molar-refractivity contribution in [2.75, 3.05) is 0 Å². The van der Waals surface area contributed by atoms with Gasteiger partial charge in [0.2, 0.25) is 0 Å². The Balaban J connectivity index is 1.44. The highest BCUT2D eigenvalue weighted by Gasteiger charge is 2.08. The lowest BCUT2D eigenvalue weighted by atomic mass is 10.1. The number of halogens is 3. The molecule has 0 saturated carbocycles. The van der Waals surface area contributed by atoms with Crippen molar-refractivity contribution >= 4 is 34.2 Å². The molecule has 0 unspecified atom stereocenters. The van der Waals surface area contributed by atoms with E-state index in [1.165, 1.54) is 6.07 Å². The van der Waals surface area contributed by atoms with Gasteiger partial charge in [0.15, 0.2) is 0 Å². The van der Waals surface area contributed by atoms with Gasteiger partial charge in [0.25, 0.3) is 0 Å². The molecule has 4 aromatic rings. The first-order valence-electron chi connectivity index (χ1n) is 8.44. The summed E-state index contributed by atoms with van der Waals surface area (Å²) >= 11 is 11.9. The number of benzene rings is 1. The standard InChI is InChI=1S/C20H15Cl2FN4/c21-15-7-16-14(10-26-20(16)27-11-15)5-13-8-24-19(25-9-13)4-2-12-1-3-18(23)17(22)6-12/h1,3,6-11H,2,4-5H2,(H,26,27). The minimum Gasteiger partial charge on any atom is -0.346 e. The van der Waals surface area contributed by atoms with Gasteiger partial charge < -0.3 is 4.98 Å². The van der Waals surface area contributed by atoms with Crippen LogP contribution in [0.3, 0.4) is 0 Å². The minimum absolute atomic E-state index is 0.136. The van der Waals surface area contributed by atoms with Crippen LogP contribution in [0.2, 0.25) is 10.0 Å². The first kappa shape index (κ1) is 17.9. The summed E-state index contributed by atoms with van der Waals surface area (Å²) in [4.78, 5) is 16.3. The average molecular weight is 401 g/mol. The van der Waals surface area contributed by atoms with Crippen molar-refractivity contribution in [3.63, 3.8) is 0 Å². The van der Waals surface area contributed by atoms with Crippen LogP contribution >= 0.6 is 23.2 Å². The predicted molar refractivity (Wildman–Crippen MR) is 105 cm³/mol. The molecular formula is C20H15Cl2FN4. The van der Waals surface area contributed by atoms with Crippen LogP contribution in [0.4, 0.5) is 4.39 Å². The molecule has 1 aromatic carbocycles. The Hall–Kier alpha value is -2.50. The van der Waals surface area contributed by atoms with E-state index in [0.717, 1.165) is 33.5 Å². The smallest absolute Gasteiger partial charge is 0.141 e. The van der Waals surface area contributed by atoms with E-state index in [4.69, 9.17) is 23.2 Å². The highest BCUT2D eigenvalue weighted by molar-refractivity contribution is 6.31. The van der Waals surface area contributed by atoms with Gasteiger partial charge in [-0.05, 0) is 41.3 Å². The number of hydrogen-bond donors (Lipinski definition) is 1. The maximum absolute atomic E-state index is 13.2. The minimum atomic E-state index is -0.408. The zero-order chi connectivity index (χ0) is 18.8. The molecular weight excluding hydrogens is 386 g/mol. The van der Waals surface area contributed by atoms with Gasteiger partial charge in [-0.3, -0.25) is 0 Å². The van der Waals surface area contributed by atoms with Crippen LogP contribution in [0, 0.1) is 5.82 Å². The number of H-pyrrole nitrogens is 1. The van der Waals surface area contributed by atoms with Gasteiger partial charge in [0, 0.05) is 43.0 Å². The van der Waals surface area contributed by atoms with Gasteiger partial charge in [-0.25, -0.2) is 19.3 Å². The third-order valence-electron chi connectivity index (χ3n) is 4.36. The van der Waals surface area contributed by atoms with Crippen molar-refractivity contribution in [2.45, 2.75) is 19.3 Å². The number of aromatic amines is 1. The van der Waals surface area contributed by atoms with Crippen molar-refractivity contribution in [2.24, 2.45) is 0 Å². The van der Waals surface area contributed by atoms with E-state index in [2.05, 4.69) is 19.9 Å². The van der Waals surface area contributed by atoms with Gasteiger partial charge in [-0.15, -0.1) is 0 Å². The van der Waals surface area contributed by atoms with Gasteiger partial charge in [0.1, 0.15) is 17.3 Å². The maximum atomic E-state index is 13.2. The quantitative estimate of drug-likeness (QED) is 0.502. The molecule has 0 atom stereocenters. The average Bonchev–Trinajstić information content (AvgIpc) is 3.06. The molecule has 3 aromatic heterocycles. The lowest BCUT2D eigenvalue weighted by Gasteiger charge is -2.04. The van der Waals surface area contributed by atoms with Crippen molar-refractivity contribution in [1.29, 1.82) is 0 Å². The van der Waals surface area contributed by atoms with E-state index in [-0.39, 0.29) is 5.02 Å². The molecule has 0 radical (unpaired) electrons. The molecule has 0 amide bonds. The Labute approximate surface area is 165 Å². The topological polar surface area (TPSA) is 54.5 Å². The number of fused-ring (bicyclic) bond motifs is 1. The van der Waals surface area contributed by atoms with Crippen molar-refractivity contribution < 1.29 is 4.39 Å². The highest BCUT2D eigenvalue weighted by atomic mass is 35.5. The number of nitrogens with one attached hydrogen (secondary N) is 1. The number of pyridine rings is 1. The summed E-state index contributed by atoms with van der Waals surface area (Å²) in [5, 5.41) is 1.74. The monoisotopic (exact) mass is 400 g/mol. The Kier molecular flexibility index (Phi) is 5.05. The molecule has 0 spiro atoms. The van der Waals surface area contributed by atoms with Crippen LogP contribution in [0.15, 0.2) is 49.1 Å². The molecule has 0 saturated heterocycles. The molecule has 4 nitrogen and oxygen atoms in total. The number of rotatable bonds is 5. The number of nitrogens with zero attached hydrogens (tertiary/aromatic N) is 3. The van der Waals surface area contributed by atoms with Gasteiger partial charge in [0.05, 0.1) is 10.0 Å². The second-order valence-electron chi connectivity index (χ2n) is 6.30. The molecule has 1 N–H and O–H groups in total. The summed E-state index contributed by atoms with van der Waals surface area (Å²) in [5.74, 6) is 0.331. The van der Waals surface area contributed by atoms with Crippen molar-refractivity contribution in [3.8, 4) is 0 Å². The Bertz CT molecular complexity index is 1090. The maximum Gasteiger partial charge on any atom is 0.141 e. The summed E-state index contributed by atoms with van der Waals surface area (Å²) in [6.45, 7) is 0. The third kappa shape index (κ3) is 4.10. The molecule has 0 aliphatic heterocycles. The van der Waals surface area contributed by atoms with Gasteiger partial charge in [-0.2, -0.15) is 0 Å². The van der Waals surface area contributed by atoms with Crippen LogP contribution in [-0.4, -0.2) is 19.9 Å². The Morgan fingerprint density at radius 1 is 0.926 bits per heavy atom. The van der Waals surface area contributed by atoms with Crippen LogP contribution in [0.25, 0.3) is 11.0 Å². The van der Waals surface area contributed by atoms with Crippen molar-refractivity contribution in [1.82, 2.24) is 19.9 Å². The normalized spacial score (nSPS) is 11.2. The van der Waals surface area contributed by atoms with E-state index >= 15 is 0 Å². The molecule has 0 bridgehead atoms. The Morgan fingerprint density at radius 2 is 1.74 bits per heavy atom. The fourth-order valence-corrected chi connectivity index (χ4v) is 3.31. The van der Waals surface area contributed by atoms with Crippen LogP contribution in [0.5, 0.6) is 0 Å². The number of aromatic nitrogens is 4. The first-order chi connectivity index (χ1) is 13.1. The number of aryl methyl sites for hydroxylation is 2. The molecule has 0 aliphatic carbocycles. The summed E-state index contributed by atoms with van der Waals surface area (Å²) in [6.07, 6.45) is 9.26. The molecule has 7 heteroatoms. The molecule has 0 aliphatic rings. The molecule has 27 heavy (non-hydrogen) atoms. The lowest BCUT2D eigenvalue weighted by Crippen LogP contribution is -2.00. The third-order valence-corrected chi connectivity index (χ3v) is 4.85. The summed E-state index contributed by atoms with van der Waals surface area (Å²) < 4.78 is 13.2. The fourth-order valence-electron chi connectivity index (χ4n) is 2.95. The van der Waals surface area contributed by atoms with E-state index in [0.29, 0.717) is 24.3 Å². The highest BCUT2D eigenvalue weighted by Crippen LogP contribution is 2.22. The van der Waals surface area contributed by atoms with Gasteiger partial charge in [-0.1, -0.05) is 29.3 Å². The van der Waals surface area contributed by atoms with Crippen LogP contribution in [-0.2, 0) is 19.3 Å². The zero-order valence-electron chi connectivity index (χ0n) is 14.2. The van der Waals surface area contributed by atoms with Gasteiger partial charge >= 0.3 is 0 Å². The summed E-state index contributed by atoms with van der Waals surface area (Å²) in [6, 6.07) is 6.65. The summed E-state index contributed by atoms with van der Waals surface area (Å²) in [7, 11) is 0. The zero-order valence-corrected chi connectivity index (χ0v) is 15.7. The van der Waals surface area contributed by atoms with Crippen LogP contribution in [0.1, 0.15) is 22.5 Å². The molecule has 4 rings (SSSR count). The molecule has 136 valence electrons. The SMILES string of the molecule is Fc1ccc(CCc2ncc(Cc3c[nH]c4ncc(Cl)cc34)cn2)cc1Cl. The van der Waals surface area contributed by atoms with E-state index in [1.807, 2.05) is 24.7 Å². The van der Waals surface area contributed by atoms with E-state index in [1.54, 1.807) is 18.3 Å². The molecule has 0 fully saturated rings. The lowest BCUT2D eigenvalue weighted by molar-refractivity contribution is 0.627. The van der Waals surface area contributed by atoms with Crippen LogP contribution < -0.4 is 0 Å².